The molecule has 3 rings (SSSR count). The van der Waals surface area contributed by atoms with E-state index in [-0.39, 0.29) is 11.3 Å². The SMILES string of the molecule is CC1(CNC(=O)c2cc3sccc3s2)CCCNC1. The third-order valence-electron chi connectivity index (χ3n) is 3.72. The van der Waals surface area contributed by atoms with E-state index in [4.69, 9.17) is 0 Å². The maximum absolute atomic E-state index is 12.2. The van der Waals surface area contributed by atoms with E-state index in [1.165, 1.54) is 22.2 Å². The van der Waals surface area contributed by atoms with Gasteiger partial charge in [-0.1, -0.05) is 6.92 Å². The highest BCUT2D eigenvalue weighted by atomic mass is 32.1. The molecule has 1 fully saturated rings. The second-order valence-corrected chi connectivity index (χ2v) is 7.56. The van der Waals surface area contributed by atoms with E-state index in [2.05, 4.69) is 29.0 Å². The average Bonchev–Trinajstić information content (AvgIpc) is 2.97. The number of hydrogen-bond acceptors (Lipinski definition) is 4. The van der Waals surface area contributed by atoms with Crippen LogP contribution in [-0.2, 0) is 0 Å². The zero-order chi connectivity index (χ0) is 13.3. The second-order valence-electron chi connectivity index (χ2n) is 5.53. The molecule has 1 aliphatic heterocycles. The predicted octanol–water partition coefficient (Wildman–Crippen LogP) is 3.08. The van der Waals surface area contributed by atoms with Gasteiger partial charge in [0.25, 0.3) is 5.91 Å². The van der Waals surface area contributed by atoms with E-state index in [9.17, 15) is 4.79 Å². The lowest BCUT2D eigenvalue weighted by Gasteiger charge is -2.34. The highest BCUT2D eigenvalue weighted by molar-refractivity contribution is 7.27. The molecule has 0 saturated carbocycles. The smallest absolute Gasteiger partial charge is 0.261 e. The third kappa shape index (κ3) is 2.83. The number of thiophene rings is 2. The molecule has 3 heterocycles. The number of rotatable bonds is 3. The molecular formula is C14H18N2OS2. The van der Waals surface area contributed by atoms with E-state index in [0.717, 1.165) is 24.5 Å². The van der Waals surface area contributed by atoms with Gasteiger partial charge in [-0.15, -0.1) is 22.7 Å². The Hall–Kier alpha value is -0.910. The van der Waals surface area contributed by atoms with Crippen molar-refractivity contribution < 1.29 is 4.79 Å². The summed E-state index contributed by atoms with van der Waals surface area (Å²) in [4.78, 5) is 13.0. The van der Waals surface area contributed by atoms with Gasteiger partial charge in [-0.05, 0) is 42.3 Å². The predicted molar refractivity (Wildman–Crippen MR) is 82.2 cm³/mol. The van der Waals surface area contributed by atoms with Crippen LogP contribution < -0.4 is 10.6 Å². The summed E-state index contributed by atoms with van der Waals surface area (Å²) in [5.41, 5.74) is 0.197. The van der Waals surface area contributed by atoms with E-state index >= 15 is 0 Å². The summed E-state index contributed by atoms with van der Waals surface area (Å²) >= 11 is 3.27. The summed E-state index contributed by atoms with van der Waals surface area (Å²) in [6.45, 7) is 5.09. The van der Waals surface area contributed by atoms with Crippen molar-refractivity contribution in [2.45, 2.75) is 19.8 Å². The van der Waals surface area contributed by atoms with E-state index in [0.29, 0.717) is 0 Å². The summed E-state index contributed by atoms with van der Waals surface area (Å²) in [5.74, 6) is 0.0696. The van der Waals surface area contributed by atoms with Crippen molar-refractivity contribution in [1.82, 2.24) is 10.6 Å². The van der Waals surface area contributed by atoms with Gasteiger partial charge in [-0.3, -0.25) is 4.79 Å². The number of fused-ring (bicyclic) bond motifs is 1. The Labute approximate surface area is 121 Å². The first-order valence-corrected chi connectivity index (χ1v) is 8.32. The molecule has 2 N–H and O–H groups in total. The number of nitrogens with one attached hydrogen (secondary N) is 2. The van der Waals surface area contributed by atoms with Gasteiger partial charge in [0.1, 0.15) is 0 Å². The van der Waals surface area contributed by atoms with Crippen molar-refractivity contribution in [3.63, 3.8) is 0 Å². The van der Waals surface area contributed by atoms with Gasteiger partial charge in [-0.25, -0.2) is 0 Å². The zero-order valence-corrected chi connectivity index (χ0v) is 12.6. The van der Waals surface area contributed by atoms with E-state index < -0.39 is 0 Å². The van der Waals surface area contributed by atoms with Crippen LogP contribution in [0.25, 0.3) is 9.40 Å². The number of carbonyl (C=O) groups excluding carboxylic acids is 1. The standard InChI is InChI=1S/C14H18N2OS2/c1-14(4-2-5-15-8-14)9-16-13(17)12-7-11-10(19-12)3-6-18-11/h3,6-7,15H,2,4-5,8-9H2,1H3,(H,16,17). The van der Waals surface area contributed by atoms with Gasteiger partial charge in [-0.2, -0.15) is 0 Å². The lowest BCUT2D eigenvalue weighted by atomic mass is 9.83. The average molecular weight is 294 g/mol. The molecule has 102 valence electrons. The maximum atomic E-state index is 12.2. The van der Waals surface area contributed by atoms with Crippen LogP contribution >= 0.6 is 22.7 Å². The summed E-state index contributed by atoms with van der Waals surface area (Å²) in [6.07, 6.45) is 2.38. The van der Waals surface area contributed by atoms with Gasteiger partial charge in [0.2, 0.25) is 0 Å². The van der Waals surface area contributed by atoms with Crippen LogP contribution in [0.1, 0.15) is 29.4 Å². The summed E-state index contributed by atoms with van der Waals surface area (Å²) in [5, 5.41) is 8.57. The van der Waals surface area contributed by atoms with Crippen LogP contribution in [-0.4, -0.2) is 25.5 Å². The summed E-state index contributed by atoms with van der Waals surface area (Å²) < 4.78 is 2.42. The minimum atomic E-state index is 0.0696. The summed E-state index contributed by atoms with van der Waals surface area (Å²) in [7, 11) is 0. The highest BCUT2D eigenvalue weighted by Gasteiger charge is 2.27. The maximum Gasteiger partial charge on any atom is 0.261 e. The minimum Gasteiger partial charge on any atom is -0.351 e. The molecule has 5 heteroatoms. The van der Waals surface area contributed by atoms with Crippen molar-refractivity contribution >= 4 is 38.0 Å². The fourth-order valence-corrected chi connectivity index (χ4v) is 4.55. The Morgan fingerprint density at radius 3 is 3.16 bits per heavy atom. The zero-order valence-electron chi connectivity index (χ0n) is 11.0. The molecule has 1 amide bonds. The first-order chi connectivity index (χ1) is 9.16. The van der Waals surface area contributed by atoms with Gasteiger partial charge in [0, 0.05) is 22.5 Å². The highest BCUT2D eigenvalue weighted by Crippen LogP contribution is 2.30. The molecule has 0 radical (unpaired) electrons. The second kappa shape index (κ2) is 5.23. The molecule has 0 aliphatic carbocycles. The van der Waals surface area contributed by atoms with Crippen LogP contribution in [0.2, 0.25) is 0 Å². The molecule has 0 spiro atoms. The van der Waals surface area contributed by atoms with Crippen LogP contribution in [0.5, 0.6) is 0 Å². The Kier molecular flexibility index (Phi) is 3.60. The number of hydrogen-bond donors (Lipinski definition) is 2. The molecule has 19 heavy (non-hydrogen) atoms. The van der Waals surface area contributed by atoms with Crippen molar-refractivity contribution in [1.29, 1.82) is 0 Å². The van der Waals surface area contributed by atoms with Gasteiger partial charge in [0.15, 0.2) is 0 Å². The molecule has 0 bridgehead atoms. The van der Waals surface area contributed by atoms with Crippen molar-refractivity contribution in [3.05, 3.63) is 22.4 Å². The van der Waals surface area contributed by atoms with Crippen molar-refractivity contribution in [3.8, 4) is 0 Å². The summed E-state index contributed by atoms with van der Waals surface area (Å²) in [6, 6.07) is 4.08. The monoisotopic (exact) mass is 294 g/mol. The molecule has 3 nitrogen and oxygen atoms in total. The first-order valence-electron chi connectivity index (χ1n) is 6.62. The van der Waals surface area contributed by atoms with Crippen LogP contribution in [0, 0.1) is 5.41 Å². The molecule has 1 aliphatic rings. The van der Waals surface area contributed by atoms with Crippen LogP contribution in [0.15, 0.2) is 17.5 Å². The quantitative estimate of drug-likeness (QED) is 0.913. The topological polar surface area (TPSA) is 41.1 Å². The first kappa shape index (κ1) is 13.1. The van der Waals surface area contributed by atoms with Gasteiger partial charge in [0.05, 0.1) is 4.88 Å². The Bertz CT molecular complexity index is 553. The molecule has 2 aromatic rings. The number of piperidine rings is 1. The third-order valence-corrected chi connectivity index (χ3v) is 5.82. The fraction of sp³-hybridized carbons (Fsp3) is 0.500. The molecule has 1 saturated heterocycles. The largest absolute Gasteiger partial charge is 0.351 e. The Balaban J connectivity index is 1.63. The lowest BCUT2D eigenvalue weighted by Crippen LogP contribution is -2.45. The van der Waals surface area contributed by atoms with Gasteiger partial charge < -0.3 is 10.6 Å². The molecule has 1 atom stereocenters. The van der Waals surface area contributed by atoms with Crippen molar-refractivity contribution in [2.75, 3.05) is 19.6 Å². The van der Waals surface area contributed by atoms with E-state index in [1.54, 1.807) is 22.7 Å². The lowest BCUT2D eigenvalue weighted by molar-refractivity contribution is 0.0929. The molecule has 2 aromatic heterocycles. The van der Waals surface area contributed by atoms with Gasteiger partial charge >= 0.3 is 0 Å². The fourth-order valence-electron chi connectivity index (χ4n) is 2.53. The number of carbonyl (C=O) groups is 1. The van der Waals surface area contributed by atoms with E-state index in [1.807, 2.05) is 6.07 Å². The number of amides is 1. The van der Waals surface area contributed by atoms with Crippen LogP contribution in [0.3, 0.4) is 0 Å². The molecular weight excluding hydrogens is 276 g/mol. The normalized spacial score (nSPS) is 23.6. The minimum absolute atomic E-state index is 0.0696. The Morgan fingerprint density at radius 1 is 1.53 bits per heavy atom. The Morgan fingerprint density at radius 2 is 2.42 bits per heavy atom. The van der Waals surface area contributed by atoms with Crippen LogP contribution in [0.4, 0.5) is 0 Å². The van der Waals surface area contributed by atoms with Crippen molar-refractivity contribution in [2.24, 2.45) is 5.41 Å². The molecule has 1 unspecified atom stereocenters. The molecule has 0 aromatic carbocycles.